The molecule has 2 rings (SSSR count). The number of rotatable bonds is 3. The Bertz CT molecular complexity index is 377. The Hall–Kier alpha value is -0.580. The molecular formula is C10H12ClNO2S. The van der Waals surface area contributed by atoms with E-state index in [9.17, 15) is 4.79 Å². The molecule has 3 nitrogen and oxygen atoms in total. The van der Waals surface area contributed by atoms with E-state index in [1.807, 2.05) is 6.07 Å². The van der Waals surface area contributed by atoms with Crippen LogP contribution >= 0.6 is 22.9 Å². The minimum atomic E-state index is -0.232. The van der Waals surface area contributed by atoms with Crippen molar-refractivity contribution in [1.82, 2.24) is 5.32 Å². The van der Waals surface area contributed by atoms with Crippen LogP contribution in [0.1, 0.15) is 22.9 Å². The van der Waals surface area contributed by atoms with Crippen LogP contribution in [0.15, 0.2) is 6.07 Å². The van der Waals surface area contributed by atoms with Gasteiger partial charge in [0.05, 0.1) is 18.0 Å². The molecule has 1 aliphatic carbocycles. The fraction of sp³-hybridized carbons (Fsp3) is 0.500. The third kappa shape index (κ3) is 2.33. The van der Waals surface area contributed by atoms with E-state index < -0.39 is 0 Å². The standard InChI is InChI=1S/C10H12ClNO2S/c1-14-10(13)5-12-7-2-3-8-6(7)4-9(11)15-8/h4,7,12H,2-3,5H2,1H3. The Morgan fingerprint density at radius 1 is 1.80 bits per heavy atom. The van der Waals surface area contributed by atoms with Crippen molar-refractivity contribution >= 4 is 28.9 Å². The molecule has 0 aromatic carbocycles. The predicted molar refractivity (Wildman–Crippen MR) is 60.4 cm³/mol. The maximum absolute atomic E-state index is 11.0. The summed E-state index contributed by atoms with van der Waals surface area (Å²) in [5.41, 5.74) is 1.24. The number of hydrogen-bond acceptors (Lipinski definition) is 4. The van der Waals surface area contributed by atoms with Crippen molar-refractivity contribution in [3.05, 3.63) is 20.8 Å². The Morgan fingerprint density at radius 2 is 2.60 bits per heavy atom. The summed E-state index contributed by atoms with van der Waals surface area (Å²) in [5.74, 6) is -0.232. The van der Waals surface area contributed by atoms with Crippen LogP contribution in [0, 0.1) is 0 Å². The highest BCUT2D eigenvalue weighted by Gasteiger charge is 2.25. The van der Waals surface area contributed by atoms with Crippen LogP contribution in [0.2, 0.25) is 4.34 Å². The highest BCUT2D eigenvalue weighted by Crippen LogP contribution is 2.39. The number of thiophene rings is 1. The van der Waals surface area contributed by atoms with Crippen LogP contribution in [-0.2, 0) is 16.0 Å². The second-order valence-corrected chi connectivity index (χ2v) is 5.25. The zero-order chi connectivity index (χ0) is 10.8. The molecule has 1 aromatic heterocycles. The summed E-state index contributed by atoms with van der Waals surface area (Å²) >= 11 is 7.56. The van der Waals surface area contributed by atoms with E-state index in [0.29, 0.717) is 0 Å². The van der Waals surface area contributed by atoms with Gasteiger partial charge in [-0.3, -0.25) is 10.1 Å². The number of ether oxygens (including phenoxy) is 1. The van der Waals surface area contributed by atoms with Crippen LogP contribution in [0.25, 0.3) is 0 Å². The normalized spacial score (nSPS) is 18.9. The van der Waals surface area contributed by atoms with Gasteiger partial charge in [-0.15, -0.1) is 11.3 Å². The third-order valence-electron chi connectivity index (χ3n) is 2.57. The topological polar surface area (TPSA) is 38.3 Å². The summed E-state index contributed by atoms with van der Waals surface area (Å²) in [6.45, 7) is 0.258. The van der Waals surface area contributed by atoms with Crippen LogP contribution in [0.3, 0.4) is 0 Å². The minimum Gasteiger partial charge on any atom is -0.468 e. The van der Waals surface area contributed by atoms with Crippen molar-refractivity contribution in [2.45, 2.75) is 18.9 Å². The van der Waals surface area contributed by atoms with Crippen LogP contribution < -0.4 is 5.32 Å². The van der Waals surface area contributed by atoms with Crippen molar-refractivity contribution in [2.24, 2.45) is 0 Å². The smallest absolute Gasteiger partial charge is 0.319 e. The lowest BCUT2D eigenvalue weighted by molar-refractivity contribution is -0.139. The minimum absolute atomic E-state index is 0.232. The van der Waals surface area contributed by atoms with Crippen LogP contribution in [-0.4, -0.2) is 19.6 Å². The molecule has 0 saturated heterocycles. The number of esters is 1. The molecule has 0 aliphatic heterocycles. The molecule has 5 heteroatoms. The first-order valence-electron chi connectivity index (χ1n) is 4.79. The largest absolute Gasteiger partial charge is 0.468 e. The molecule has 0 saturated carbocycles. The molecule has 1 atom stereocenters. The summed E-state index contributed by atoms with van der Waals surface area (Å²) in [5, 5.41) is 3.18. The third-order valence-corrected chi connectivity index (χ3v) is 3.91. The number of halogens is 1. The highest BCUT2D eigenvalue weighted by atomic mass is 35.5. The first-order chi connectivity index (χ1) is 7.20. The fourth-order valence-corrected chi connectivity index (χ4v) is 3.18. The molecule has 0 bridgehead atoms. The second kappa shape index (κ2) is 4.51. The number of carbonyl (C=O) groups is 1. The van der Waals surface area contributed by atoms with Gasteiger partial charge in [0.25, 0.3) is 0 Å². The zero-order valence-corrected chi connectivity index (χ0v) is 9.95. The zero-order valence-electron chi connectivity index (χ0n) is 8.38. The van der Waals surface area contributed by atoms with Crippen molar-refractivity contribution in [3.8, 4) is 0 Å². The van der Waals surface area contributed by atoms with E-state index in [1.54, 1.807) is 11.3 Å². The van der Waals surface area contributed by atoms with Gasteiger partial charge in [0.2, 0.25) is 0 Å². The predicted octanol–water partition coefficient (Wildman–Crippen LogP) is 2.15. The maximum Gasteiger partial charge on any atom is 0.319 e. The molecule has 15 heavy (non-hydrogen) atoms. The van der Waals surface area contributed by atoms with E-state index in [2.05, 4.69) is 10.1 Å². The molecule has 0 amide bonds. The SMILES string of the molecule is COC(=O)CNC1CCc2sc(Cl)cc21. The average Bonchev–Trinajstić information content (AvgIpc) is 2.73. The molecular weight excluding hydrogens is 234 g/mol. The van der Waals surface area contributed by atoms with Crippen LogP contribution in [0.4, 0.5) is 0 Å². The first kappa shape index (κ1) is 10.9. The molecule has 1 aliphatic rings. The van der Waals surface area contributed by atoms with Crippen molar-refractivity contribution in [3.63, 3.8) is 0 Å². The molecule has 1 aromatic rings. The number of fused-ring (bicyclic) bond motifs is 1. The van der Waals surface area contributed by atoms with Gasteiger partial charge in [0, 0.05) is 10.9 Å². The Balaban J connectivity index is 1.98. The van der Waals surface area contributed by atoms with E-state index in [1.165, 1.54) is 17.6 Å². The Kier molecular flexibility index (Phi) is 3.29. The second-order valence-electron chi connectivity index (χ2n) is 3.48. The van der Waals surface area contributed by atoms with E-state index in [-0.39, 0.29) is 18.6 Å². The van der Waals surface area contributed by atoms with Crippen molar-refractivity contribution in [2.75, 3.05) is 13.7 Å². The summed E-state index contributed by atoms with van der Waals surface area (Å²) in [4.78, 5) is 12.3. The Labute approximate surface area is 97.4 Å². The molecule has 1 heterocycles. The summed E-state index contributed by atoms with van der Waals surface area (Å²) in [6, 6.07) is 2.24. The molecule has 0 spiro atoms. The number of hydrogen-bond donors (Lipinski definition) is 1. The monoisotopic (exact) mass is 245 g/mol. The first-order valence-corrected chi connectivity index (χ1v) is 5.98. The lowest BCUT2D eigenvalue weighted by Gasteiger charge is -2.11. The summed E-state index contributed by atoms with van der Waals surface area (Å²) in [7, 11) is 1.39. The average molecular weight is 246 g/mol. The number of methoxy groups -OCH3 is 1. The van der Waals surface area contributed by atoms with Gasteiger partial charge in [-0.05, 0) is 24.5 Å². The summed E-state index contributed by atoms with van der Waals surface area (Å²) < 4.78 is 5.40. The Morgan fingerprint density at radius 3 is 3.33 bits per heavy atom. The molecule has 0 fully saturated rings. The summed E-state index contributed by atoms with van der Waals surface area (Å²) in [6.07, 6.45) is 2.08. The number of nitrogens with one attached hydrogen (secondary N) is 1. The van der Waals surface area contributed by atoms with E-state index in [4.69, 9.17) is 11.6 Å². The molecule has 1 N–H and O–H groups in total. The maximum atomic E-state index is 11.0. The van der Waals surface area contributed by atoms with Gasteiger partial charge in [-0.1, -0.05) is 11.6 Å². The molecule has 0 radical (unpaired) electrons. The van der Waals surface area contributed by atoms with Gasteiger partial charge < -0.3 is 4.74 Å². The lowest BCUT2D eigenvalue weighted by Crippen LogP contribution is -2.26. The van der Waals surface area contributed by atoms with Gasteiger partial charge in [-0.25, -0.2) is 0 Å². The van der Waals surface area contributed by atoms with Gasteiger partial charge in [0.1, 0.15) is 0 Å². The molecule has 82 valence electrons. The van der Waals surface area contributed by atoms with Crippen molar-refractivity contribution in [1.29, 1.82) is 0 Å². The van der Waals surface area contributed by atoms with Gasteiger partial charge >= 0.3 is 5.97 Å². The highest BCUT2D eigenvalue weighted by molar-refractivity contribution is 7.16. The number of aryl methyl sites for hydroxylation is 1. The van der Waals surface area contributed by atoms with Crippen molar-refractivity contribution < 1.29 is 9.53 Å². The van der Waals surface area contributed by atoms with Gasteiger partial charge in [0.15, 0.2) is 0 Å². The molecule has 1 unspecified atom stereocenters. The van der Waals surface area contributed by atoms with E-state index in [0.717, 1.165) is 17.2 Å². The number of carbonyl (C=O) groups excluding carboxylic acids is 1. The fourth-order valence-electron chi connectivity index (χ4n) is 1.82. The van der Waals surface area contributed by atoms with E-state index >= 15 is 0 Å². The van der Waals surface area contributed by atoms with Crippen LogP contribution in [0.5, 0.6) is 0 Å². The lowest BCUT2D eigenvalue weighted by atomic mass is 10.2. The van der Waals surface area contributed by atoms with Gasteiger partial charge in [-0.2, -0.15) is 0 Å². The quantitative estimate of drug-likeness (QED) is 0.830.